The van der Waals surface area contributed by atoms with Gasteiger partial charge in [0.15, 0.2) is 0 Å². The number of aromatic amines is 1. The van der Waals surface area contributed by atoms with E-state index in [0.717, 1.165) is 10.5 Å². The molecule has 1 unspecified atom stereocenters. The molecule has 1 nitrogen and oxygen atoms in total. The van der Waals surface area contributed by atoms with Gasteiger partial charge in [-0.25, -0.2) is 0 Å². The number of H-pyrrole nitrogens is 1. The summed E-state index contributed by atoms with van der Waals surface area (Å²) in [6.07, 6.45) is 6.53. The Morgan fingerprint density at radius 2 is 1.56 bits per heavy atom. The summed E-state index contributed by atoms with van der Waals surface area (Å²) >= 11 is 6.24. The second kappa shape index (κ2) is 7.00. The van der Waals surface area contributed by atoms with Crippen LogP contribution in [0.5, 0.6) is 0 Å². The molecule has 4 aromatic rings. The SMILES string of the molecule is Clc1ccc2[nH]cc(C(/C=C/c3ccccc3)c3ccccc3)c2c1. The number of fused-ring (bicyclic) bond motifs is 1. The van der Waals surface area contributed by atoms with E-state index in [4.69, 9.17) is 11.6 Å². The highest BCUT2D eigenvalue weighted by Crippen LogP contribution is 2.33. The van der Waals surface area contributed by atoms with Crippen LogP contribution >= 0.6 is 11.6 Å². The lowest BCUT2D eigenvalue weighted by Gasteiger charge is -2.13. The fraction of sp³-hybridized carbons (Fsp3) is 0.0435. The molecule has 4 rings (SSSR count). The number of benzene rings is 3. The van der Waals surface area contributed by atoms with Gasteiger partial charge in [-0.05, 0) is 34.9 Å². The van der Waals surface area contributed by atoms with E-state index in [1.54, 1.807) is 0 Å². The van der Waals surface area contributed by atoms with Gasteiger partial charge in [0.05, 0.1) is 0 Å². The molecular weight excluding hydrogens is 326 g/mol. The lowest BCUT2D eigenvalue weighted by Crippen LogP contribution is -1.96. The van der Waals surface area contributed by atoms with Crippen LogP contribution in [0.4, 0.5) is 0 Å². The van der Waals surface area contributed by atoms with Crippen LogP contribution in [0.1, 0.15) is 22.6 Å². The Balaban J connectivity index is 1.82. The predicted molar refractivity (Wildman–Crippen MR) is 107 cm³/mol. The van der Waals surface area contributed by atoms with Crippen LogP contribution in [0, 0.1) is 0 Å². The third kappa shape index (κ3) is 3.38. The van der Waals surface area contributed by atoms with Gasteiger partial charge in [-0.15, -0.1) is 0 Å². The summed E-state index contributed by atoms with van der Waals surface area (Å²) in [5.74, 6) is 0.161. The third-order valence-electron chi connectivity index (χ3n) is 4.45. The molecule has 1 heterocycles. The Bertz CT molecular complexity index is 1000. The summed E-state index contributed by atoms with van der Waals surface area (Å²) < 4.78 is 0. The van der Waals surface area contributed by atoms with Crippen molar-refractivity contribution in [1.29, 1.82) is 0 Å². The van der Waals surface area contributed by atoms with Crippen molar-refractivity contribution in [1.82, 2.24) is 4.98 Å². The van der Waals surface area contributed by atoms with Gasteiger partial charge in [-0.3, -0.25) is 0 Å². The second-order valence-electron chi connectivity index (χ2n) is 6.09. The van der Waals surface area contributed by atoms with Crippen molar-refractivity contribution in [2.45, 2.75) is 5.92 Å². The number of hydrogen-bond acceptors (Lipinski definition) is 0. The number of aromatic nitrogens is 1. The van der Waals surface area contributed by atoms with Crippen LogP contribution in [-0.4, -0.2) is 4.98 Å². The average Bonchev–Trinajstić information content (AvgIpc) is 3.07. The zero-order valence-electron chi connectivity index (χ0n) is 13.7. The first-order valence-electron chi connectivity index (χ1n) is 8.36. The van der Waals surface area contributed by atoms with Crippen molar-refractivity contribution >= 4 is 28.6 Å². The molecule has 0 bridgehead atoms. The van der Waals surface area contributed by atoms with Gasteiger partial charge in [0, 0.05) is 28.0 Å². The van der Waals surface area contributed by atoms with E-state index in [0.29, 0.717) is 0 Å². The van der Waals surface area contributed by atoms with Gasteiger partial charge >= 0.3 is 0 Å². The summed E-state index contributed by atoms with van der Waals surface area (Å²) in [6, 6.07) is 26.9. The van der Waals surface area contributed by atoms with Crippen molar-refractivity contribution in [3.05, 3.63) is 113 Å². The fourth-order valence-corrected chi connectivity index (χ4v) is 3.37. The van der Waals surface area contributed by atoms with Gasteiger partial charge in [0.2, 0.25) is 0 Å². The molecule has 122 valence electrons. The number of nitrogens with one attached hydrogen (secondary N) is 1. The lowest BCUT2D eigenvalue weighted by atomic mass is 9.90. The summed E-state index contributed by atoms with van der Waals surface area (Å²) in [4.78, 5) is 3.37. The van der Waals surface area contributed by atoms with Crippen molar-refractivity contribution in [3.63, 3.8) is 0 Å². The molecule has 2 heteroatoms. The molecule has 0 amide bonds. The van der Waals surface area contributed by atoms with Crippen molar-refractivity contribution in [3.8, 4) is 0 Å². The maximum atomic E-state index is 6.24. The van der Waals surface area contributed by atoms with Gasteiger partial charge < -0.3 is 4.98 Å². The minimum Gasteiger partial charge on any atom is -0.361 e. The second-order valence-corrected chi connectivity index (χ2v) is 6.53. The molecule has 25 heavy (non-hydrogen) atoms. The van der Waals surface area contributed by atoms with E-state index >= 15 is 0 Å². The minimum absolute atomic E-state index is 0.161. The van der Waals surface area contributed by atoms with E-state index in [-0.39, 0.29) is 5.92 Å². The van der Waals surface area contributed by atoms with Gasteiger partial charge in [0.25, 0.3) is 0 Å². The van der Waals surface area contributed by atoms with Crippen LogP contribution in [0.2, 0.25) is 5.02 Å². The largest absolute Gasteiger partial charge is 0.361 e. The molecule has 0 radical (unpaired) electrons. The number of rotatable bonds is 4. The van der Waals surface area contributed by atoms with Crippen molar-refractivity contribution in [2.24, 2.45) is 0 Å². The van der Waals surface area contributed by atoms with E-state index in [1.165, 1.54) is 22.1 Å². The van der Waals surface area contributed by atoms with Crippen LogP contribution < -0.4 is 0 Å². The smallest absolute Gasteiger partial charge is 0.0458 e. The van der Waals surface area contributed by atoms with Gasteiger partial charge in [-0.2, -0.15) is 0 Å². The minimum atomic E-state index is 0.161. The van der Waals surface area contributed by atoms with E-state index in [1.807, 2.05) is 30.3 Å². The van der Waals surface area contributed by atoms with Crippen LogP contribution in [-0.2, 0) is 0 Å². The van der Waals surface area contributed by atoms with Crippen LogP contribution in [0.25, 0.3) is 17.0 Å². The quantitative estimate of drug-likeness (QED) is 0.426. The third-order valence-corrected chi connectivity index (χ3v) is 4.69. The summed E-state index contributed by atoms with van der Waals surface area (Å²) in [5, 5.41) is 1.92. The molecule has 1 N–H and O–H groups in total. The monoisotopic (exact) mass is 343 g/mol. The molecule has 1 atom stereocenters. The van der Waals surface area contributed by atoms with Gasteiger partial charge in [-0.1, -0.05) is 84.4 Å². The number of halogens is 1. The van der Waals surface area contributed by atoms with Crippen LogP contribution in [0.15, 0.2) is 91.1 Å². The summed E-state index contributed by atoms with van der Waals surface area (Å²) in [6.45, 7) is 0. The summed E-state index contributed by atoms with van der Waals surface area (Å²) in [5.41, 5.74) is 4.79. The molecular formula is C23H18ClN. The first-order chi connectivity index (χ1) is 12.3. The number of allylic oxidation sites excluding steroid dienone is 1. The predicted octanol–water partition coefficient (Wildman–Crippen LogP) is 6.67. The fourth-order valence-electron chi connectivity index (χ4n) is 3.20. The Morgan fingerprint density at radius 3 is 2.32 bits per heavy atom. The molecule has 0 aliphatic carbocycles. The molecule has 0 saturated carbocycles. The normalized spacial score (nSPS) is 12.7. The molecule has 0 fully saturated rings. The Kier molecular flexibility index (Phi) is 4.41. The average molecular weight is 344 g/mol. The first kappa shape index (κ1) is 15.7. The maximum absolute atomic E-state index is 6.24. The summed E-state index contributed by atoms with van der Waals surface area (Å²) in [7, 11) is 0. The highest BCUT2D eigenvalue weighted by Gasteiger charge is 2.15. The van der Waals surface area contributed by atoms with E-state index < -0.39 is 0 Å². The molecule has 0 spiro atoms. The standard InChI is InChI=1S/C23H18ClN/c24-19-12-14-23-21(15-19)22(16-25-23)20(18-9-5-2-6-10-18)13-11-17-7-3-1-4-8-17/h1-16,20,25H/b13-11+. The highest BCUT2D eigenvalue weighted by molar-refractivity contribution is 6.31. The van der Waals surface area contributed by atoms with E-state index in [2.05, 4.69) is 71.9 Å². The van der Waals surface area contributed by atoms with Crippen molar-refractivity contribution < 1.29 is 0 Å². The molecule has 0 aliphatic rings. The molecule has 1 aromatic heterocycles. The Labute approximate surface area is 152 Å². The van der Waals surface area contributed by atoms with Crippen molar-refractivity contribution in [2.75, 3.05) is 0 Å². The zero-order valence-corrected chi connectivity index (χ0v) is 14.4. The Hall–Kier alpha value is -2.77. The lowest BCUT2D eigenvalue weighted by molar-refractivity contribution is 1.04. The zero-order chi connectivity index (χ0) is 17.1. The van der Waals surface area contributed by atoms with Gasteiger partial charge in [0.1, 0.15) is 0 Å². The first-order valence-corrected chi connectivity index (χ1v) is 8.74. The highest BCUT2D eigenvalue weighted by atomic mass is 35.5. The Morgan fingerprint density at radius 1 is 0.840 bits per heavy atom. The molecule has 0 saturated heterocycles. The number of hydrogen-bond donors (Lipinski definition) is 1. The topological polar surface area (TPSA) is 15.8 Å². The maximum Gasteiger partial charge on any atom is 0.0458 e. The van der Waals surface area contributed by atoms with E-state index in [9.17, 15) is 0 Å². The molecule has 3 aromatic carbocycles. The van der Waals surface area contributed by atoms with Crippen LogP contribution in [0.3, 0.4) is 0 Å². The molecule has 0 aliphatic heterocycles.